The van der Waals surface area contributed by atoms with E-state index < -0.39 is 11.9 Å². The monoisotopic (exact) mass is 437 g/mol. The molecule has 1 amide bonds. The predicted octanol–water partition coefficient (Wildman–Crippen LogP) is 3.30. The molecule has 0 aromatic carbocycles. The standard InChI is InChI=1S/C20H26F3N7O/c1-10(2)16-18(31)27-15-11(3)25-19(28-17(15)29(16)4)26-13-5-12(6-13)8-30-9-24-7-14(30)20(21,22)23/h7,9-10,12-13,16H,5-6,8H2,1-4H3,(H,27,31)(H,25,26,28)/t12?,13?,16-/m0/s1. The number of carbonyl (C=O) groups excluding carboxylic acids is 1. The van der Waals surface area contributed by atoms with E-state index in [-0.39, 0.29) is 36.4 Å². The first-order chi connectivity index (χ1) is 14.5. The Balaban J connectivity index is 1.42. The van der Waals surface area contributed by atoms with Crippen LogP contribution in [0.15, 0.2) is 12.5 Å². The van der Waals surface area contributed by atoms with Gasteiger partial charge in [-0.2, -0.15) is 18.2 Å². The van der Waals surface area contributed by atoms with E-state index >= 15 is 0 Å². The fourth-order valence-electron chi connectivity index (χ4n) is 4.44. The Labute approximate surface area is 178 Å². The first-order valence-corrected chi connectivity index (χ1v) is 10.3. The van der Waals surface area contributed by atoms with Crippen molar-refractivity contribution < 1.29 is 18.0 Å². The molecule has 4 rings (SSSR count). The van der Waals surface area contributed by atoms with Crippen LogP contribution >= 0.6 is 0 Å². The maximum atomic E-state index is 13.0. The second-order valence-corrected chi connectivity index (χ2v) is 8.73. The van der Waals surface area contributed by atoms with Crippen molar-refractivity contribution in [2.45, 2.75) is 58.4 Å². The van der Waals surface area contributed by atoms with Gasteiger partial charge in [0.25, 0.3) is 0 Å². The molecule has 168 valence electrons. The Morgan fingerprint density at radius 1 is 1.29 bits per heavy atom. The smallest absolute Gasteiger partial charge is 0.351 e. The number of alkyl halides is 3. The molecular weight excluding hydrogens is 411 g/mol. The molecule has 2 aliphatic rings. The number of hydrogen-bond acceptors (Lipinski definition) is 6. The molecule has 1 aliphatic heterocycles. The van der Waals surface area contributed by atoms with Gasteiger partial charge in [-0.3, -0.25) is 4.79 Å². The summed E-state index contributed by atoms with van der Waals surface area (Å²) >= 11 is 0. The van der Waals surface area contributed by atoms with Crippen LogP contribution in [0.1, 0.15) is 38.1 Å². The van der Waals surface area contributed by atoms with Crippen molar-refractivity contribution in [3.63, 3.8) is 0 Å². The lowest BCUT2D eigenvalue weighted by molar-refractivity contribution is -0.144. The molecule has 0 unspecified atom stereocenters. The number of aromatic nitrogens is 4. The van der Waals surface area contributed by atoms with Gasteiger partial charge in [-0.25, -0.2) is 9.97 Å². The summed E-state index contributed by atoms with van der Waals surface area (Å²) in [5.74, 6) is 1.29. The van der Waals surface area contributed by atoms with E-state index in [1.165, 1.54) is 10.9 Å². The quantitative estimate of drug-likeness (QED) is 0.746. The number of imidazole rings is 1. The highest BCUT2D eigenvalue weighted by atomic mass is 19.4. The van der Waals surface area contributed by atoms with Gasteiger partial charge in [0.05, 0.1) is 18.2 Å². The molecule has 1 saturated carbocycles. The second-order valence-electron chi connectivity index (χ2n) is 8.73. The molecule has 1 aliphatic carbocycles. The number of nitrogens with one attached hydrogen (secondary N) is 2. The number of nitrogens with zero attached hydrogens (tertiary/aromatic N) is 5. The van der Waals surface area contributed by atoms with E-state index in [4.69, 9.17) is 0 Å². The van der Waals surface area contributed by atoms with Crippen LogP contribution in [-0.2, 0) is 17.5 Å². The largest absolute Gasteiger partial charge is 0.432 e. The zero-order chi connectivity index (χ0) is 22.5. The maximum absolute atomic E-state index is 13.0. The predicted molar refractivity (Wildman–Crippen MR) is 110 cm³/mol. The van der Waals surface area contributed by atoms with Gasteiger partial charge in [0.2, 0.25) is 11.9 Å². The van der Waals surface area contributed by atoms with Gasteiger partial charge in [-0.05, 0) is 31.6 Å². The van der Waals surface area contributed by atoms with Crippen LogP contribution in [-0.4, -0.2) is 44.6 Å². The highest BCUT2D eigenvalue weighted by Gasteiger charge is 2.38. The van der Waals surface area contributed by atoms with Crippen LogP contribution in [0.3, 0.4) is 0 Å². The number of anilines is 3. The third kappa shape index (κ3) is 4.05. The minimum Gasteiger partial charge on any atom is -0.351 e. The lowest BCUT2D eigenvalue weighted by atomic mass is 9.80. The van der Waals surface area contributed by atoms with E-state index in [0.717, 1.165) is 19.0 Å². The molecule has 0 saturated heterocycles. The Bertz CT molecular complexity index is 982. The van der Waals surface area contributed by atoms with Crippen molar-refractivity contribution in [3.05, 3.63) is 23.9 Å². The molecule has 1 atom stereocenters. The third-order valence-electron chi connectivity index (χ3n) is 6.00. The summed E-state index contributed by atoms with van der Waals surface area (Å²) in [4.78, 5) is 27.0. The number of halogens is 3. The van der Waals surface area contributed by atoms with Gasteiger partial charge in [0, 0.05) is 19.6 Å². The van der Waals surface area contributed by atoms with Gasteiger partial charge >= 0.3 is 6.18 Å². The zero-order valence-electron chi connectivity index (χ0n) is 17.9. The van der Waals surface area contributed by atoms with Crippen molar-refractivity contribution in [2.24, 2.45) is 11.8 Å². The topological polar surface area (TPSA) is 88.0 Å². The average Bonchev–Trinajstić information content (AvgIpc) is 3.09. The van der Waals surface area contributed by atoms with Gasteiger partial charge in [0.15, 0.2) is 5.82 Å². The number of fused-ring (bicyclic) bond motifs is 1. The molecule has 11 heteroatoms. The summed E-state index contributed by atoms with van der Waals surface area (Å²) in [6.45, 7) is 6.06. The van der Waals surface area contributed by atoms with Crippen LogP contribution in [0.25, 0.3) is 0 Å². The summed E-state index contributed by atoms with van der Waals surface area (Å²) < 4.78 is 40.2. The molecular formula is C20H26F3N7O. The van der Waals surface area contributed by atoms with Crippen LogP contribution < -0.4 is 15.5 Å². The Morgan fingerprint density at radius 3 is 2.65 bits per heavy atom. The van der Waals surface area contributed by atoms with Crippen molar-refractivity contribution in [2.75, 3.05) is 22.6 Å². The Morgan fingerprint density at radius 2 is 2.00 bits per heavy atom. The normalized spacial score (nSPS) is 23.4. The van der Waals surface area contributed by atoms with Crippen LogP contribution in [0.5, 0.6) is 0 Å². The number of hydrogen-bond donors (Lipinski definition) is 2. The summed E-state index contributed by atoms with van der Waals surface area (Å²) in [7, 11) is 1.85. The number of aryl methyl sites for hydroxylation is 1. The second kappa shape index (κ2) is 7.69. The molecule has 0 spiro atoms. The lowest BCUT2D eigenvalue weighted by Gasteiger charge is -2.38. The third-order valence-corrected chi connectivity index (χ3v) is 6.00. The van der Waals surface area contributed by atoms with Crippen LogP contribution in [0.2, 0.25) is 0 Å². The summed E-state index contributed by atoms with van der Waals surface area (Å²) in [6.07, 6.45) is -0.874. The molecule has 3 heterocycles. The molecule has 8 nitrogen and oxygen atoms in total. The lowest BCUT2D eigenvalue weighted by Crippen LogP contribution is -2.50. The number of likely N-dealkylation sites (N-methyl/N-ethyl adjacent to an activating group) is 1. The van der Waals surface area contributed by atoms with Crippen molar-refractivity contribution in [1.82, 2.24) is 19.5 Å². The minimum atomic E-state index is -4.40. The van der Waals surface area contributed by atoms with Crippen molar-refractivity contribution >= 4 is 23.4 Å². The first kappa shape index (κ1) is 21.4. The summed E-state index contributed by atoms with van der Waals surface area (Å²) in [5, 5.41) is 6.20. The number of rotatable bonds is 5. The molecule has 2 N–H and O–H groups in total. The molecule has 0 radical (unpaired) electrons. The van der Waals surface area contributed by atoms with E-state index in [1.807, 2.05) is 32.7 Å². The molecule has 1 fully saturated rings. The van der Waals surface area contributed by atoms with Gasteiger partial charge < -0.3 is 20.1 Å². The summed E-state index contributed by atoms with van der Waals surface area (Å²) in [5.41, 5.74) is 0.558. The maximum Gasteiger partial charge on any atom is 0.432 e. The van der Waals surface area contributed by atoms with Crippen molar-refractivity contribution in [1.29, 1.82) is 0 Å². The molecule has 0 bridgehead atoms. The minimum absolute atomic E-state index is 0.0722. The van der Waals surface area contributed by atoms with E-state index in [2.05, 4.69) is 25.6 Å². The zero-order valence-corrected chi connectivity index (χ0v) is 17.9. The SMILES string of the molecule is Cc1nc(NC2CC(Cn3cncc3C(F)(F)F)C2)nc2c1NC(=O)[C@H](C(C)C)N2C. The number of carbonyl (C=O) groups is 1. The Hall–Kier alpha value is -2.85. The summed E-state index contributed by atoms with van der Waals surface area (Å²) in [6, 6.07) is -0.231. The van der Waals surface area contributed by atoms with Crippen molar-refractivity contribution in [3.8, 4) is 0 Å². The molecule has 2 aromatic rings. The highest BCUT2D eigenvalue weighted by molar-refractivity contribution is 6.03. The van der Waals surface area contributed by atoms with Gasteiger partial charge in [0.1, 0.15) is 17.4 Å². The van der Waals surface area contributed by atoms with E-state index in [9.17, 15) is 18.0 Å². The Kier molecular flexibility index (Phi) is 5.30. The number of amides is 1. The van der Waals surface area contributed by atoms with E-state index in [0.29, 0.717) is 23.1 Å². The molecule has 31 heavy (non-hydrogen) atoms. The van der Waals surface area contributed by atoms with E-state index in [1.54, 1.807) is 0 Å². The van der Waals surface area contributed by atoms with Crippen LogP contribution in [0.4, 0.5) is 30.6 Å². The first-order valence-electron chi connectivity index (χ1n) is 10.3. The fraction of sp³-hybridized carbons (Fsp3) is 0.600. The van der Waals surface area contributed by atoms with Gasteiger partial charge in [-0.1, -0.05) is 13.8 Å². The van der Waals surface area contributed by atoms with Crippen LogP contribution in [0, 0.1) is 18.8 Å². The highest BCUT2D eigenvalue weighted by Crippen LogP contribution is 2.37. The van der Waals surface area contributed by atoms with Gasteiger partial charge in [-0.15, -0.1) is 0 Å². The molecule has 2 aromatic heterocycles. The average molecular weight is 437 g/mol. The fourth-order valence-corrected chi connectivity index (χ4v) is 4.44.